The first-order valence-electron chi connectivity index (χ1n) is 7.13. The fourth-order valence-corrected chi connectivity index (χ4v) is 3.23. The van der Waals surface area contributed by atoms with Crippen molar-refractivity contribution in [2.45, 2.75) is 6.18 Å². The van der Waals surface area contributed by atoms with Crippen LogP contribution < -0.4 is 5.32 Å². The standard InChI is InChI=1S/C17H9BrF4N2OS/c18-11-4-5-13(19)12(7-11)15(25)24-16-23-14(8-26-16)9-2-1-3-10(6-9)17(20,21)22/h1-8H,(H,23,24,25). The zero-order valence-electron chi connectivity index (χ0n) is 12.8. The summed E-state index contributed by atoms with van der Waals surface area (Å²) >= 11 is 4.19. The SMILES string of the molecule is O=C(Nc1nc(-c2cccc(C(F)(F)F)c2)cs1)c1cc(Br)ccc1F. The highest BCUT2D eigenvalue weighted by atomic mass is 79.9. The molecule has 1 heterocycles. The number of thiazole rings is 1. The van der Waals surface area contributed by atoms with Crippen LogP contribution in [0.5, 0.6) is 0 Å². The van der Waals surface area contributed by atoms with Crippen LogP contribution in [0.2, 0.25) is 0 Å². The Kier molecular flexibility index (Phi) is 5.10. The fraction of sp³-hybridized carbons (Fsp3) is 0.0588. The number of alkyl halides is 3. The Morgan fingerprint density at radius 1 is 1.15 bits per heavy atom. The minimum absolute atomic E-state index is 0.154. The van der Waals surface area contributed by atoms with Gasteiger partial charge in [0.05, 0.1) is 16.8 Å². The maximum absolute atomic E-state index is 13.7. The topological polar surface area (TPSA) is 42.0 Å². The molecule has 3 aromatic rings. The molecule has 0 spiro atoms. The normalized spacial score (nSPS) is 11.4. The molecule has 1 N–H and O–H groups in total. The number of nitrogens with one attached hydrogen (secondary N) is 1. The van der Waals surface area contributed by atoms with E-state index in [1.165, 1.54) is 29.6 Å². The summed E-state index contributed by atoms with van der Waals surface area (Å²) in [7, 11) is 0. The summed E-state index contributed by atoms with van der Waals surface area (Å²) in [6.07, 6.45) is -4.46. The summed E-state index contributed by atoms with van der Waals surface area (Å²) in [5.41, 5.74) is -0.406. The molecule has 1 aromatic heterocycles. The molecule has 9 heteroatoms. The van der Waals surface area contributed by atoms with E-state index in [-0.39, 0.29) is 22.0 Å². The number of halogens is 5. The molecule has 0 saturated carbocycles. The van der Waals surface area contributed by atoms with E-state index in [1.807, 2.05) is 0 Å². The van der Waals surface area contributed by atoms with E-state index in [2.05, 4.69) is 26.2 Å². The van der Waals surface area contributed by atoms with E-state index in [4.69, 9.17) is 0 Å². The van der Waals surface area contributed by atoms with Crippen molar-refractivity contribution in [2.75, 3.05) is 5.32 Å². The predicted molar refractivity (Wildman–Crippen MR) is 94.6 cm³/mol. The van der Waals surface area contributed by atoms with E-state index in [0.29, 0.717) is 4.47 Å². The van der Waals surface area contributed by atoms with E-state index in [1.54, 1.807) is 0 Å². The van der Waals surface area contributed by atoms with Gasteiger partial charge in [-0.2, -0.15) is 13.2 Å². The quantitative estimate of drug-likeness (QED) is 0.504. The first-order chi connectivity index (χ1) is 12.2. The van der Waals surface area contributed by atoms with Gasteiger partial charge in [-0.15, -0.1) is 11.3 Å². The Morgan fingerprint density at radius 2 is 1.92 bits per heavy atom. The minimum Gasteiger partial charge on any atom is -0.298 e. The van der Waals surface area contributed by atoms with Gasteiger partial charge in [-0.1, -0.05) is 28.1 Å². The summed E-state index contributed by atoms with van der Waals surface area (Å²) in [5.74, 6) is -1.39. The van der Waals surface area contributed by atoms with E-state index < -0.39 is 23.5 Å². The van der Waals surface area contributed by atoms with Crippen molar-refractivity contribution >= 4 is 38.3 Å². The molecule has 1 amide bonds. The second kappa shape index (κ2) is 7.16. The highest BCUT2D eigenvalue weighted by Crippen LogP contribution is 2.33. The van der Waals surface area contributed by atoms with Crippen LogP contribution in [-0.2, 0) is 6.18 Å². The van der Waals surface area contributed by atoms with Crippen molar-refractivity contribution in [3.8, 4) is 11.3 Å². The molecule has 0 unspecified atom stereocenters. The number of amides is 1. The summed E-state index contributed by atoms with van der Waals surface area (Å²) < 4.78 is 52.7. The van der Waals surface area contributed by atoms with Gasteiger partial charge in [-0.25, -0.2) is 9.37 Å². The average Bonchev–Trinajstić information content (AvgIpc) is 3.05. The molecule has 2 aromatic carbocycles. The number of carbonyl (C=O) groups excluding carboxylic acids is 1. The van der Waals surface area contributed by atoms with Crippen molar-refractivity contribution in [1.29, 1.82) is 0 Å². The number of rotatable bonds is 3. The second-order valence-electron chi connectivity index (χ2n) is 5.19. The lowest BCUT2D eigenvalue weighted by Gasteiger charge is -2.07. The van der Waals surface area contributed by atoms with Gasteiger partial charge >= 0.3 is 6.18 Å². The number of hydrogen-bond acceptors (Lipinski definition) is 3. The minimum atomic E-state index is -4.46. The summed E-state index contributed by atoms with van der Waals surface area (Å²) in [5, 5.41) is 4.12. The lowest BCUT2D eigenvalue weighted by atomic mass is 10.1. The Bertz CT molecular complexity index is 971. The number of nitrogens with zero attached hydrogens (tertiary/aromatic N) is 1. The number of benzene rings is 2. The van der Waals surface area contributed by atoms with Crippen molar-refractivity contribution < 1.29 is 22.4 Å². The predicted octanol–water partition coefficient (Wildman–Crippen LogP) is 5.98. The molecule has 0 radical (unpaired) electrons. The molecule has 0 atom stereocenters. The Morgan fingerprint density at radius 3 is 2.65 bits per heavy atom. The molecule has 0 aliphatic rings. The number of aromatic nitrogens is 1. The van der Waals surface area contributed by atoms with Gasteiger partial charge in [0.1, 0.15) is 5.82 Å². The van der Waals surface area contributed by atoms with Crippen LogP contribution in [0.15, 0.2) is 52.3 Å². The summed E-state index contributed by atoms with van der Waals surface area (Å²) in [6, 6.07) is 8.65. The van der Waals surface area contributed by atoms with Crippen LogP contribution in [0.25, 0.3) is 11.3 Å². The van der Waals surface area contributed by atoms with Gasteiger partial charge in [-0.3, -0.25) is 10.1 Å². The highest BCUT2D eigenvalue weighted by molar-refractivity contribution is 9.10. The first kappa shape index (κ1) is 18.5. The van der Waals surface area contributed by atoms with Crippen LogP contribution >= 0.6 is 27.3 Å². The van der Waals surface area contributed by atoms with E-state index in [9.17, 15) is 22.4 Å². The molecule has 3 nitrogen and oxygen atoms in total. The summed E-state index contributed by atoms with van der Waals surface area (Å²) in [4.78, 5) is 16.3. The van der Waals surface area contributed by atoms with E-state index in [0.717, 1.165) is 29.5 Å². The van der Waals surface area contributed by atoms with Gasteiger partial charge in [0.2, 0.25) is 0 Å². The van der Waals surface area contributed by atoms with Crippen LogP contribution in [0.1, 0.15) is 15.9 Å². The lowest BCUT2D eigenvalue weighted by molar-refractivity contribution is -0.137. The van der Waals surface area contributed by atoms with Gasteiger partial charge in [-0.05, 0) is 30.3 Å². The summed E-state index contributed by atoms with van der Waals surface area (Å²) in [6.45, 7) is 0. The Balaban J connectivity index is 1.82. The smallest absolute Gasteiger partial charge is 0.298 e. The highest BCUT2D eigenvalue weighted by Gasteiger charge is 2.30. The first-order valence-corrected chi connectivity index (χ1v) is 8.81. The van der Waals surface area contributed by atoms with Crippen molar-refractivity contribution in [3.05, 3.63) is 69.3 Å². The average molecular weight is 445 g/mol. The van der Waals surface area contributed by atoms with Gasteiger partial charge < -0.3 is 0 Å². The molecule has 0 fully saturated rings. The van der Waals surface area contributed by atoms with Crippen LogP contribution in [0.4, 0.5) is 22.7 Å². The van der Waals surface area contributed by atoms with Gasteiger partial charge in [0, 0.05) is 15.4 Å². The third kappa shape index (κ3) is 4.10. The molecular formula is C17H9BrF4N2OS. The van der Waals surface area contributed by atoms with Crippen molar-refractivity contribution in [3.63, 3.8) is 0 Å². The Labute approximate surface area is 157 Å². The number of anilines is 1. The molecule has 0 aliphatic carbocycles. The molecule has 3 rings (SSSR count). The largest absolute Gasteiger partial charge is 0.416 e. The van der Waals surface area contributed by atoms with Crippen LogP contribution in [-0.4, -0.2) is 10.9 Å². The third-order valence-corrected chi connectivity index (χ3v) is 4.63. The van der Waals surface area contributed by atoms with Crippen molar-refractivity contribution in [2.24, 2.45) is 0 Å². The molecule has 134 valence electrons. The van der Waals surface area contributed by atoms with Gasteiger partial charge in [0.15, 0.2) is 5.13 Å². The monoisotopic (exact) mass is 444 g/mol. The van der Waals surface area contributed by atoms with Crippen molar-refractivity contribution in [1.82, 2.24) is 4.98 Å². The lowest BCUT2D eigenvalue weighted by Crippen LogP contribution is -2.13. The molecule has 0 bridgehead atoms. The molecular weight excluding hydrogens is 436 g/mol. The Hall–Kier alpha value is -2.26. The van der Waals surface area contributed by atoms with E-state index >= 15 is 0 Å². The fourth-order valence-electron chi connectivity index (χ4n) is 2.15. The molecule has 0 aliphatic heterocycles. The number of hydrogen-bond donors (Lipinski definition) is 1. The maximum atomic E-state index is 13.7. The zero-order valence-corrected chi connectivity index (χ0v) is 15.2. The van der Waals surface area contributed by atoms with Crippen LogP contribution in [0, 0.1) is 5.82 Å². The number of carbonyl (C=O) groups is 1. The molecule has 0 saturated heterocycles. The molecule has 26 heavy (non-hydrogen) atoms. The van der Waals surface area contributed by atoms with Gasteiger partial charge in [0.25, 0.3) is 5.91 Å². The zero-order chi connectivity index (χ0) is 18.9. The van der Waals surface area contributed by atoms with Crippen LogP contribution in [0.3, 0.4) is 0 Å². The third-order valence-electron chi connectivity index (χ3n) is 3.38. The second-order valence-corrected chi connectivity index (χ2v) is 6.97. The maximum Gasteiger partial charge on any atom is 0.416 e.